The number of ketones is 2. The first-order valence-electron chi connectivity index (χ1n) is 21.0. The summed E-state index contributed by atoms with van der Waals surface area (Å²) in [4.78, 5) is 41.3. The van der Waals surface area contributed by atoms with Gasteiger partial charge < -0.3 is 24.1 Å². The van der Waals surface area contributed by atoms with E-state index in [1.165, 1.54) is 0 Å². The lowest BCUT2D eigenvalue weighted by Gasteiger charge is -2.48. The van der Waals surface area contributed by atoms with Crippen LogP contribution < -0.4 is 5.43 Å². The first-order chi connectivity index (χ1) is 25.2. The number of carbonyl (C=O) groups is 3. The molecule has 3 fully saturated rings. The van der Waals surface area contributed by atoms with Crippen molar-refractivity contribution in [1.82, 2.24) is 10.4 Å². The number of carbonyl (C=O) groups excluding carboxylic acids is 3. The van der Waals surface area contributed by atoms with Crippen LogP contribution in [-0.4, -0.2) is 101 Å². The van der Waals surface area contributed by atoms with Gasteiger partial charge in [-0.1, -0.05) is 76.2 Å². The van der Waals surface area contributed by atoms with E-state index in [9.17, 15) is 19.5 Å². The van der Waals surface area contributed by atoms with E-state index in [0.29, 0.717) is 25.3 Å². The number of fused-ring (bicyclic) bond motifs is 1. The Balaban J connectivity index is 0.00000495. The molecular weight excluding hydrogens is 705 g/mol. The highest BCUT2D eigenvalue weighted by Gasteiger charge is 2.82. The van der Waals surface area contributed by atoms with Gasteiger partial charge in [-0.2, -0.15) is 11.8 Å². The molecule has 2 aliphatic heterocycles. The highest BCUT2D eigenvalue weighted by Crippen LogP contribution is 2.64. The molecule has 11 heteroatoms. The fourth-order valence-electron chi connectivity index (χ4n) is 9.81. The first-order valence-corrected chi connectivity index (χ1v) is 22.4. The molecule has 3 rings (SSSR count). The summed E-state index contributed by atoms with van der Waals surface area (Å²) in [5, 5.41) is 13.0. The minimum Gasteiger partial charge on any atom is -0.461 e. The number of piperidine rings is 1. The van der Waals surface area contributed by atoms with Crippen LogP contribution in [0.3, 0.4) is 0 Å². The summed E-state index contributed by atoms with van der Waals surface area (Å²) < 4.78 is 25.9. The molecule has 2 saturated heterocycles. The van der Waals surface area contributed by atoms with E-state index in [1.54, 1.807) is 25.8 Å². The second-order valence-corrected chi connectivity index (χ2v) is 18.7. The van der Waals surface area contributed by atoms with E-state index in [4.69, 9.17) is 18.9 Å². The van der Waals surface area contributed by atoms with Crippen LogP contribution in [0.1, 0.15) is 142 Å². The van der Waals surface area contributed by atoms with Crippen molar-refractivity contribution in [2.45, 2.75) is 190 Å². The van der Waals surface area contributed by atoms with E-state index < -0.39 is 64.5 Å². The van der Waals surface area contributed by atoms with Crippen LogP contribution in [0.15, 0.2) is 0 Å². The molecule has 2 heterocycles. The molecule has 10 nitrogen and oxygen atoms in total. The summed E-state index contributed by atoms with van der Waals surface area (Å²) in [5.74, 6) is -0.287. The number of esters is 1. The molecule has 0 aromatic heterocycles. The van der Waals surface area contributed by atoms with Crippen molar-refractivity contribution in [2.24, 2.45) is 40.4 Å². The van der Waals surface area contributed by atoms with Gasteiger partial charge in [0.2, 0.25) is 0 Å². The normalized spacial score (nSPS) is 35.1. The summed E-state index contributed by atoms with van der Waals surface area (Å²) in [6.45, 7) is 30.8. The van der Waals surface area contributed by atoms with Gasteiger partial charge in [0.05, 0.1) is 35.9 Å². The maximum absolute atomic E-state index is 14.5. The molecule has 316 valence electrons. The fraction of sp³-hybridized carbons (Fsp3) is 0.930. The number of thioether (sulfide) groups is 1. The number of aliphatic hydroxyl groups is 1. The molecule has 54 heavy (non-hydrogen) atoms. The van der Waals surface area contributed by atoms with Gasteiger partial charge in [0, 0.05) is 43.2 Å². The Morgan fingerprint density at radius 2 is 1.74 bits per heavy atom. The number of hydrazine groups is 1. The predicted molar refractivity (Wildman–Crippen MR) is 219 cm³/mol. The Labute approximate surface area is 333 Å². The van der Waals surface area contributed by atoms with Crippen LogP contribution in [0.25, 0.3) is 0 Å². The lowest BCUT2D eigenvalue weighted by molar-refractivity contribution is -0.282. The maximum Gasteiger partial charge on any atom is 0.311 e. The molecule has 0 aromatic carbocycles. The summed E-state index contributed by atoms with van der Waals surface area (Å²) in [5.41, 5.74) is 0.999. The van der Waals surface area contributed by atoms with Crippen LogP contribution in [0.4, 0.5) is 0 Å². The molecule has 1 saturated carbocycles. The third-order valence-electron chi connectivity index (χ3n) is 13.8. The third-order valence-corrected chi connectivity index (χ3v) is 14.4. The van der Waals surface area contributed by atoms with Gasteiger partial charge in [0.25, 0.3) is 0 Å². The van der Waals surface area contributed by atoms with E-state index >= 15 is 0 Å². The van der Waals surface area contributed by atoms with Gasteiger partial charge in [0.1, 0.15) is 17.4 Å². The van der Waals surface area contributed by atoms with Gasteiger partial charge in [-0.25, -0.2) is 5.01 Å². The van der Waals surface area contributed by atoms with Gasteiger partial charge in [-0.3, -0.25) is 19.8 Å². The third kappa shape index (κ3) is 9.78. The Kier molecular flexibility index (Phi) is 18.2. The number of hydrogen-bond acceptors (Lipinski definition) is 11. The Bertz CT molecular complexity index is 1240. The lowest BCUT2D eigenvalue weighted by atomic mass is 9.72. The molecule has 15 atom stereocenters. The first kappa shape index (κ1) is 49.1. The molecule has 1 aliphatic carbocycles. The van der Waals surface area contributed by atoms with Crippen molar-refractivity contribution < 1.29 is 38.4 Å². The van der Waals surface area contributed by atoms with Crippen molar-refractivity contribution >= 4 is 29.3 Å². The average molecular weight is 785 g/mol. The van der Waals surface area contributed by atoms with Gasteiger partial charge >= 0.3 is 5.97 Å². The number of Topliss-reactive ketones (excluding diaryl/α,β-unsaturated/α-hetero) is 2. The van der Waals surface area contributed by atoms with Crippen LogP contribution in [0.2, 0.25) is 0 Å². The molecule has 3 aliphatic rings. The number of hydrogen-bond donors (Lipinski definition) is 2. The van der Waals surface area contributed by atoms with Crippen molar-refractivity contribution in [3.63, 3.8) is 0 Å². The van der Waals surface area contributed by atoms with E-state index in [-0.39, 0.29) is 41.8 Å². The molecule has 0 bridgehead atoms. The number of nitrogens with zero attached hydrogens (tertiary/aromatic N) is 1. The van der Waals surface area contributed by atoms with E-state index in [2.05, 4.69) is 60.1 Å². The number of ether oxygens (including phenoxy) is 4. The predicted octanol–water partition coefficient (Wildman–Crippen LogP) is 7.88. The summed E-state index contributed by atoms with van der Waals surface area (Å²) in [7, 11) is 1.75. The molecular formula is C43H80N2O8S. The minimum absolute atomic E-state index is 0.00199. The standard InChI is InChI=1S/C41H74N2O8S.C2H6/c1-16-32(39(12)22-31(45)41(28(8)29(9)44)37(39)43(41)42-19-18-20-52-15)50-36(47)26(6)34(25(5)27(7)40(13,48-14)21-24(3)4)51-33-23-38(11,17-2)35(46)30(10)49-33;1-2/h24-28,30,32-35,37,42,46H,16-23H2,1-15H3;1-2H3/t25-,26?,27-,28?,30?,32-,33+,34+,35+,37?,38-,39-,40-,41?,43?;/m1./s1. The molecule has 0 aromatic rings. The van der Waals surface area contributed by atoms with Crippen molar-refractivity contribution in [3.05, 3.63) is 0 Å². The van der Waals surface area contributed by atoms with Crippen LogP contribution >= 0.6 is 11.8 Å². The van der Waals surface area contributed by atoms with Crippen molar-refractivity contribution in [3.8, 4) is 0 Å². The SMILES string of the molecule is CC.CC[C@@H](OC(=O)C(C)[C@@H](O[C@H]1C[C@@](C)(CC)[C@@H](O)C(C)O1)[C@H](C)[C@@H](C)[C@@](C)(CC(C)C)OC)[C@@]1(C)CC(=O)C2(C(C)C(C)=O)C1N2NCCCSC. The fourth-order valence-corrected chi connectivity index (χ4v) is 10.2. The zero-order chi connectivity index (χ0) is 41.6. The van der Waals surface area contributed by atoms with Crippen LogP contribution in [0, 0.1) is 40.4 Å². The lowest BCUT2D eigenvalue weighted by Crippen LogP contribution is -2.53. The molecule has 0 radical (unpaired) electrons. The quantitative estimate of drug-likeness (QED) is 0.0672. The van der Waals surface area contributed by atoms with Gasteiger partial charge in [-0.05, 0) is 83.1 Å². The summed E-state index contributed by atoms with van der Waals surface area (Å²) >= 11 is 1.77. The second-order valence-electron chi connectivity index (χ2n) is 17.7. The zero-order valence-electron chi connectivity index (χ0n) is 37.2. The molecule has 6 unspecified atom stereocenters. The number of methoxy groups -OCH3 is 1. The van der Waals surface area contributed by atoms with Crippen molar-refractivity contribution in [1.29, 1.82) is 0 Å². The van der Waals surface area contributed by atoms with Crippen LogP contribution in [-0.2, 0) is 33.3 Å². The largest absolute Gasteiger partial charge is 0.461 e. The Morgan fingerprint density at radius 3 is 2.24 bits per heavy atom. The average Bonchev–Trinajstić information content (AvgIpc) is 3.75. The van der Waals surface area contributed by atoms with E-state index in [0.717, 1.165) is 25.0 Å². The summed E-state index contributed by atoms with van der Waals surface area (Å²) in [6, 6.07) is -0.270. The maximum atomic E-state index is 14.5. The Hall–Kier alpha value is -1.08. The monoisotopic (exact) mass is 785 g/mol. The molecule has 0 spiro atoms. The second kappa shape index (κ2) is 20.1. The smallest absolute Gasteiger partial charge is 0.311 e. The minimum atomic E-state index is -0.937. The highest BCUT2D eigenvalue weighted by atomic mass is 32.2. The number of nitrogens with one attached hydrogen (secondary N) is 1. The highest BCUT2D eigenvalue weighted by molar-refractivity contribution is 7.98. The van der Waals surface area contributed by atoms with Gasteiger partial charge in [0.15, 0.2) is 12.1 Å². The van der Waals surface area contributed by atoms with Crippen LogP contribution in [0.5, 0.6) is 0 Å². The molecule has 2 N–H and O–H groups in total. The number of aliphatic hydroxyl groups excluding tert-OH is 1. The summed E-state index contributed by atoms with van der Waals surface area (Å²) in [6.07, 6.45) is 3.04. The van der Waals surface area contributed by atoms with Crippen molar-refractivity contribution in [2.75, 3.05) is 25.7 Å². The Morgan fingerprint density at radius 1 is 1.13 bits per heavy atom. The number of rotatable bonds is 21. The van der Waals surface area contributed by atoms with Gasteiger partial charge in [-0.15, -0.1) is 0 Å². The van der Waals surface area contributed by atoms with E-state index in [1.807, 2.05) is 53.5 Å². The topological polar surface area (TPSA) is 123 Å². The zero-order valence-corrected chi connectivity index (χ0v) is 38.0. The molecule has 0 amide bonds.